The largest absolute Gasteiger partial charge is 0.387 e. The van der Waals surface area contributed by atoms with E-state index in [0.717, 1.165) is 11.4 Å². The second kappa shape index (κ2) is 5.41. The summed E-state index contributed by atoms with van der Waals surface area (Å²) in [5.41, 5.74) is 5.37. The van der Waals surface area contributed by atoms with E-state index in [-0.39, 0.29) is 0 Å². The Morgan fingerprint density at radius 1 is 1.16 bits per heavy atom. The van der Waals surface area contributed by atoms with E-state index in [9.17, 15) is 5.11 Å². The first-order chi connectivity index (χ1) is 8.99. The van der Waals surface area contributed by atoms with Crippen LogP contribution >= 0.6 is 0 Å². The van der Waals surface area contributed by atoms with E-state index in [1.807, 2.05) is 19.2 Å². The third-order valence-electron chi connectivity index (χ3n) is 3.30. The lowest BCUT2D eigenvalue weighted by Crippen LogP contribution is -2.11. The molecule has 0 aliphatic rings. The van der Waals surface area contributed by atoms with Gasteiger partial charge >= 0.3 is 0 Å². The van der Waals surface area contributed by atoms with Gasteiger partial charge in [-0.25, -0.2) is 0 Å². The molecule has 0 aliphatic carbocycles. The molecule has 0 aliphatic heterocycles. The standard InChI is InChI=1S/C16H20N2O/c1-11-5-8-16(12(2)9-11)18(4)14-6-7-15(13(3)19)17-10-14/h5-10,13,19H,1-4H3/t13-/m1/s1. The van der Waals surface area contributed by atoms with Crippen LogP contribution in [0.2, 0.25) is 0 Å². The minimum Gasteiger partial charge on any atom is -0.387 e. The lowest BCUT2D eigenvalue weighted by Gasteiger charge is -2.22. The molecule has 3 nitrogen and oxygen atoms in total. The molecule has 3 heteroatoms. The summed E-state index contributed by atoms with van der Waals surface area (Å²) in [7, 11) is 2.02. The van der Waals surface area contributed by atoms with E-state index < -0.39 is 6.10 Å². The maximum Gasteiger partial charge on any atom is 0.0931 e. The first-order valence-corrected chi connectivity index (χ1v) is 6.44. The van der Waals surface area contributed by atoms with Crippen molar-refractivity contribution in [1.29, 1.82) is 0 Å². The maximum absolute atomic E-state index is 9.47. The quantitative estimate of drug-likeness (QED) is 0.912. The monoisotopic (exact) mass is 256 g/mol. The summed E-state index contributed by atoms with van der Waals surface area (Å²) in [6, 6.07) is 10.2. The number of aliphatic hydroxyl groups excluding tert-OH is 1. The Labute approximate surface area is 114 Å². The number of hydrogen-bond donors (Lipinski definition) is 1. The summed E-state index contributed by atoms with van der Waals surface area (Å²) >= 11 is 0. The van der Waals surface area contributed by atoms with E-state index in [0.29, 0.717) is 5.69 Å². The number of rotatable bonds is 3. The third-order valence-corrected chi connectivity index (χ3v) is 3.30. The van der Waals surface area contributed by atoms with Crippen LogP contribution in [0.15, 0.2) is 36.5 Å². The molecule has 2 rings (SSSR count). The summed E-state index contributed by atoms with van der Waals surface area (Å²) < 4.78 is 0. The molecule has 100 valence electrons. The molecule has 0 radical (unpaired) electrons. The number of hydrogen-bond acceptors (Lipinski definition) is 3. The number of nitrogens with zero attached hydrogens (tertiary/aromatic N) is 2. The number of anilines is 2. The Morgan fingerprint density at radius 2 is 1.89 bits per heavy atom. The van der Waals surface area contributed by atoms with E-state index >= 15 is 0 Å². The molecule has 1 N–H and O–H groups in total. The number of benzene rings is 1. The molecule has 1 aromatic carbocycles. The molecular formula is C16H20N2O. The van der Waals surface area contributed by atoms with Gasteiger partial charge in [0.15, 0.2) is 0 Å². The van der Waals surface area contributed by atoms with Crippen LogP contribution in [0, 0.1) is 13.8 Å². The smallest absolute Gasteiger partial charge is 0.0931 e. The Hall–Kier alpha value is -1.87. The Kier molecular flexibility index (Phi) is 3.86. The number of aryl methyl sites for hydroxylation is 2. The van der Waals surface area contributed by atoms with Crippen LogP contribution in [0.25, 0.3) is 0 Å². The Morgan fingerprint density at radius 3 is 2.42 bits per heavy atom. The van der Waals surface area contributed by atoms with Crippen LogP contribution < -0.4 is 4.90 Å². The fourth-order valence-corrected chi connectivity index (χ4v) is 2.16. The van der Waals surface area contributed by atoms with Crippen molar-refractivity contribution in [3.05, 3.63) is 53.3 Å². The van der Waals surface area contributed by atoms with Gasteiger partial charge in [0.05, 0.1) is 23.7 Å². The third kappa shape index (κ3) is 2.93. The van der Waals surface area contributed by atoms with E-state index in [1.165, 1.54) is 11.1 Å². The predicted molar refractivity (Wildman–Crippen MR) is 78.8 cm³/mol. The first kappa shape index (κ1) is 13.6. The van der Waals surface area contributed by atoms with Crippen LogP contribution in [-0.2, 0) is 0 Å². The van der Waals surface area contributed by atoms with Gasteiger partial charge in [-0.3, -0.25) is 4.98 Å². The minimum absolute atomic E-state index is 0.527. The molecule has 1 heterocycles. The Balaban J connectivity index is 2.30. The van der Waals surface area contributed by atoms with Gasteiger partial charge < -0.3 is 10.0 Å². The van der Waals surface area contributed by atoms with Gasteiger partial charge in [-0.2, -0.15) is 0 Å². The normalized spacial score (nSPS) is 12.3. The molecular weight excluding hydrogens is 236 g/mol. The molecule has 0 spiro atoms. The number of aromatic nitrogens is 1. The summed E-state index contributed by atoms with van der Waals surface area (Å²) in [4.78, 5) is 6.39. The minimum atomic E-state index is -0.527. The van der Waals surface area contributed by atoms with Crippen molar-refractivity contribution in [2.45, 2.75) is 26.9 Å². The summed E-state index contributed by atoms with van der Waals surface area (Å²) in [6.07, 6.45) is 1.27. The highest BCUT2D eigenvalue weighted by Crippen LogP contribution is 2.27. The highest BCUT2D eigenvalue weighted by Gasteiger charge is 2.08. The van der Waals surface area contributed by atoms with Gasteiger partial charge in [0.2, 0.25) is 0 Å². The number of pyridine rings is 1. The molecule has 0 fully saturated rings. The van der Waals surface area contributed by atoms with Gasteiger partial charge in [-0.15, -0.1) is 0 Å². The van der Waals surface area contributed by atoms with Crippen LogP contribution in [0.5, 0.6) is 0 Å². The van der Waals surface area contributed by atoms with Gasteiger partial charge in [0.25, 0.3) is 0 Å². The fourth-order valence-electron chi connectivity index (χ4n) is 2.16. The van der Waals surface area contributed by atoms with Crippen molar-refractivity contribution < 1.29 is 5.11 Å². The molecule has 0 saturated carbocycles. The average Bonchev–Trinajstić information content (AvgIpc) is 2.38. The van der Waals surface area contributed by atoms with Crippen molar-refractivity contribution in [2.75, 3.05) is 11.9 Å². The maximum atomic E-state index is 9.47. The van der Waals surface area contributed by atoms with Crippen molar-refractivity contribution in [2.24, 2.45) is 0 Å². The molecule has 0 unspecified atom stereocenters. The lowest BCUT2D eigenvalue weighted by atomic mass is 10.1. The van der Waals surface area contributed by atoms with Gasteiger partial charge in [-0.1, -0.05) is 17.7 Å². The zero-order valence-electron chi connectivity index (χ0n) is 11.9. The molecule has 1 atom stereocenters. The fraction of sp³-hybridized carbons (Fsp3) is 0.312. The van der Waals surface area contributed by atoms with Gasteiger partial charge in [0.1, 0.15) is 0 Å². The molecule has 0 amide bonds. The first-order valence-electron chi connectivity index (χ1n) is 6.44. The van der Waals surface area contributed by atoms with Crippen LogP contribution in [0.1, 0.15) is 29.8 Å². The Bertz CT molecular complexity index is 561. The topological polar surface area (TPSA) is 36.4 Å². The van der Waals surface area contributed by atoms with E-state index in [4.69, 9.17) is 0 Å². The number of aliphatic hydroxyl groups is 1. The molecule has 19 heavy (non-hydrogen) atoms. The zero-order chi connectivity index (χ0) is 14.0. The average molecular weight is 256 g/mol. The predicted octanol–water partition coefficient (Wildman–Crippen LogP) is 3.52. The summed E-state index contributed by atoms with van der Waals surface area (Å²) in [5, 5.41) is 9.47. The molecule has 0 bridgehead atoms. The van der Waals surface area contributed by atoms with Crippen LogP contribution in [0.4, 0.5) is 11.4 Å². The molecule has 1 aromatic heterocycles. The highest BCUT2D eigenvalue weighted by molar-refractivity contribution is 5.65. The van der Waals surface area contributed by atoms with Crippen molar-refractivity contribution in [3.63, 3.8) is 0 Å². The zero-order valence-corrected chi connectivity index (χ0v) is 11.9. The lowest BCUT2D eigenvalue weighted by molar-refractivity contribution is 0.194. The molecule has 0 saturated heterocycles. The van der Waals surface area contributed by atoms with E-state index in [2.05, 4.69) is 41.9 Å². The highest BCUT2D eigenvalue weighted by atomic mass is 16.3. The van der Waals surface area contributed by atoms with Crippen molar-refractivity contribution >= 4 is 11.4 Å². The summed E-state index contributed by atoms with van der Waals surface area (Å²) in [6.45, 7) is 5.92. The SMILES string of the molecule is Cc1ccc(N(C)c2ccc([C@@H](C)O)nc2)c(C)c1. The van der Waals surface area contributed by atoms with Crippen LogP contribution in [0.3, 0.4) is 0 Å². The van der Waals surface area contributed by atoms with Gasteiger partial charge in [0, 0.05) is 12.7 Å². The second-order valence-corrected chi connectivity index (χ2v) is 4.97. The van der Waals surface area contributed by atoms with Crippen molar-refractivity contribution in [1.82, 2.24) is 4.98 Å². The van der Waals surface area contributed by atoms with Crippen molar-refractivity contribution in [3.8, 4) is 0 Å². The second-order valence-electron chi connectivity index (χ2n) is 4.97. The van der Waals surface area contributed by atoms with E-state index in [1.54, 1.807) is 13.1 Å². The van der Waals surface area contributed by atoms with Crippen LogP contribution in [-0.4, -0.2) is 17.1 Å². The summed E-state index contributed by atoms with van der Waals surface area (Å²) in [5.74, 6) is 0. The molecule has 2 aromatic rings. The van der Waals surface area contributed by atoms with Gasteiger partial charge in [-0.05, 0) is 44.5 Å².